The van der Waals surface area contributed by atoms with Gasteiger partial charge in [-0.25, -0.2) is 9.18 Å². The van der Waals surface area contributed by atoms with Crippen LogP contribution in [0, 0.1) is 5.82 Å². The lowest BCUT2D eigenvalue weighted by Gasteiger charge is -2.05. The fraction of sp³-hybridized carbons (Fsp3) is 0.308. The second-order valence-electron chi connectivity index (χ2n) is 3.60. The van der Waals surface area contributed by atoms with Crippen LogP contribution in [-0.2, 0) is 11.3 Å². The molecular formula is C13H15FO3. The quantitative estimate of drug-likeness (QED) is 0.586. The fourth-order valence-corrected chi connectivity index (χ4v) is 1.34. The SMILES string of the molecule is C=CCCCOCc1ccc(C(=O)O)c(F)c1. The van der Waals surface area contributed by atoms with Crippen molar-refractivity contribution in [1.82, 2.24) is 0 Å². The van der Waals surface area contributed by atoms with Crippen LogP contribution < -0.4 is 0 Å². The van der Waals surface area contributed by atoms with Crippen LogP contribution in [0.5, 0.6) is 0 Å². The van der Waals surface area contributed by atoms with Gasteiger partial charge in [-0.1, -0.05) is 12.1 Å². The van der Waals surface area contributed by atoms with E-state index in [1.165, 1.54) is 12.1 Å². The molecular weight excluding hydrogens is 223 g/mol. The third-order valence-corrected chi connectivity index (χ3v) is 2.23. The molecule has 0 aliphatic carbocycles. The van der Waals surface area contributed by atoms with E-state index < -0.39 is 11.8 Å². The minimum Gasteiger partial charge on any atom is -0.478 e. The first-order valence-electron chi connectivity index (χ1n) is 5.35. The van der Waals surface area contributed by atoms with Crippen molar-refractivity contribution >= 4 is 5.97 Å². The van der Waals surface area contributed by atoms with Crippen LogP contribution >= 0.6 is 0 Å². The Morgan fingerprint density at radius 2 is 2.29 bits per heavy atom. The lowest BCUT2D eigenvalue weighted by Crippen LogP contribution is -2.02. The van der Waals surface area contributed by atoms with Gasteiger partial charge >= 0.3 is 5.97 Å². The maximum Gasteiger partial charge on any atom is 0.338 e. The third-order valence-electron chi connectivity index (χ3n) is 2.23. The van der Waals surface area contributed by atoms with Gasteiger partial charge in [0, 0.05) is 6.61 Å². The van der Waals surface area contributed by atoms with E-state index in [0.717, 1.165) is 12.8 Å². The molecule has 92 valence electrons. The zero-order valence-electron chi connectivity index (χ0n) is 9.49. The molecule has 0 saturated heterocycles. The van der Waals surface area contributed by atoms with Crippen LogP contribution in [0.1, 0.15) is 28.8 Å². The van der Waals surface area contributed by atoms with Gasteiger partial charge in [-0.05, 0) is 30.5 Å². The maximum absolute atomic E-state index is 13.3. The predicted octanol–water partition coefficient (Wildman–Crippen LogP) is 3.01. The van der Waals surface area contributed by atoms with Crippen LogP contribution in [-0.4, -0.2) is 17.7 Å². The Kier molecular flexibility index (Phi) is 5.36. The van der Waals surface area contributed by atoms with Crippen LogP contribution in [0.4, 0.5) is 4.39 Å². The Labute approximate surface area is 99.5 Å². The number of unbranched alkanes of at least 4 members (excludes halogenated alkanes) is 1. The lowest BCUT2D eigenvalue weighted by atomic mass is 10.1. The van der Waals surface area contributed by atoms with Crippen molar-refractivity contribution < 1.29 is 19.0 Å². The van der Waals surface area contributed by atoms with Crippen molar-refractivity contribution in [3.63, 3.8) is 0 Å². The van der Waals surface area contributed by atoms with Gasteiger partial charge in [-0.15, -0.1) is 6.58 Å². The van der Waals surface area contributed by atoms with Gasteiger partial charge < -0.3 is 9.84 Å². The van der Waals surface area contributed by atoms with Gasteiger partial charge in [-0.3, -0.25) is 0 Å². The Bertz CT molecular complexity index is 402. The molecule has 0 radical (unpaired) electrons. The van der Waals surface area contributed by atoms with Gasteiger partial charge in [-0.2, -0.15) is 0 Å². The Morgan fingerprint density at radius 1 is 1.53 bits per heavy atom. The molecule has 4 heteroatoms. The normalized spacial score (nSPS) is 10.2. The first-order chi connectivity index (χ1) is 8.15. The van der Waals surface area contributed by atoms with Gasteiger partial charge in [0.05, 0.1) is 12.2 Å². The van der Waals surface area contributed by atoms with Crippen molar-refractivity contribution in [2.75, 3.05) is 6.61 Å². The van der Waals surface area contributed by atoms with E-state index in [1.54, 1.807) is 6.07 Å². The molecule has 0 aliphatic heterocycles. The van der Waals surface area contributed by atoms with Crippen molar-refractivity contribution in [1.29, 1.82) is 0 Å². The van der Waals surface area contributed by atoms with Crippen LogP contribution in [0.15, 0.2) is 30.9 Å². The Morgan fingerprint density at radius 3 is 2.88 bits per heavy atom. The van der Waals surface area contributed by atoms with Gasteiger partial charge in [0.1, 0.15) is 5.82 Å². The highest BCUT2D eigenvalue weighted by molar-refractivity contribution is 5.87. The number of rotatable bonds is 7. The number of benzene rings is 1. The van der Waals surface area contributed by atoms with E-state index >= 15 is 0 Å². The average Bonchev–Trinajstić information content (AvgIpc) is 2.28. The molecule has 1 N–H and O–H groups in total. The van der Waals surface area contributed by atoms with Gasteiger partial charge in [0.25, 0.3) is 0 Å². The summed E-state index contributed by atoms with van der Waals surface area (Å²) in [4.78, 5) is 10.6. The zero-order valence-corrected chi connectivity index (χ0v) is 9.49. The van der Waals surface area contributed by atoms with E-state index in [1.807, 2.05) is 6.08 Å². The molecule has 0 saturated carbocycles. The molecule has 0 bridgehead atoms. The minimum atomic E-state index is -1.26. The van der Waals surface area contributed by atoms with Crippen LogP contribution in [0.25, 0.3) is 0 Å². The maximum atomic E-state index is 13.3. The summed E-state index contributed by atoms with van der Waals surface area (Å²) in [6.45, 7) is 4.46. The number of hydrogen-bond donors (Lipinski definition) is 1. The molecule has 0 heterocycles. The number of carboxylic acid groups (broad SMARTS) is 1. The van der Waals surface area contributed by atoms with E-state index in [9.17, 15) is 9.18 Å². The molecule has 1 aromatic rings. The number of halogens is 1. The van der Waals surface area contributed by atoms with Crippen molar-refractivity contribution in [3.8, 4) is 0 Å². The second-order valence-corrected chi connectivity index (χ2v) is 3.60. The molecule has 0 amide bonds. The van der Waals surface area contributed by atoms with Crippen molar-refractivity contribution in [3.05, 3.63) is 47.8 Å². The smallest absolute Gasteiger partial charge is 0.338 e. The molecule has 0 atom stereocenters. The predicted molar refractivity (Wildman–Crippen MR) is 62.4 cm³/mol. The van der Waals surface area contributed by atoms with Crippen molar-refractivity contribution in [2.24, 2.45) is 0 Å². The summed E-state index contributed by atoms with van der Waals surface area (Å²) in [7, 11) is 0. The molecule has 3 nitrogen and oxygen atoms in total. The first-order valence-corrected chi connectivity index (χ1v) is 5.35. The number of carbonyl (C=O) groups is 1. The van der Waals surface area contributed by atoms with Crippen molar-refractivity contribution in [2.45, 2.75) is 19.4 Å². The third kappa shape index (κ3) is 4.36. The molecule has 0 aliphatic rings. The van der Waals surface area contributed by atoms with Gasteiger partial charge in [0.15, 0.2) is 0 Å². The van der Waals surface area contributed by atoms with E-state index in [4.69, 9.17) is 9.84 Å². The number of ether oxygens (including phenoxy) is 1. The Hall–Kier alpha value is -1.68. The molecule has 1 rings (SSSR count). The fourth-order valence-electron chi connectivity index (χ4n) is 1.34. The molecule has 17 heavy (non-hydrogen) atoms. The highest BCUT2D eigenvalue weighted by atomic mass is 19.1. The highest BCUT2D eigenvalue weighted by Crippen LogP contribution is 2.11. The standard InChI is InChI=1S/C13H15FO3/c1-2-3-4-7-17-9-10-5-6-11(13(15)16)12(14)8-10/h2,5-6,8H,1,3-4,7,9H2,(H,15,16). The highest BCUT2D eigenvalue weighted by Gasteiger charge is 2.10. The second kappa shape index (κ2) is 6.81. The summed E-state index contributed by atoms with van der Waals surface area (Å²) in [6.07, 6.45) is 3.57. The largest absolute Gasteiger partial charge is 0.478 e. The summed E-state index contributed by atoms with van der Waals surface area (Å²) in [6, 6.07) is 4.00. The molecule has 0 spiro atoms. The lowest BCUT2D eigenvalue weighted by molar-refractivity contribution is 0.0691. The summed E-state index contributed by atoms with van der Waals surface area (Å²) < 4.78 is 18.6. The summed E-state index contributed by atoms with van der Waals surface area (Å²) in [5.74, 6) is -1.99. The van der Waals surface area contributed by atoms with E-state index in [2.05, 4.69) is 6.58 Å². The topological polar surface area (TPSA) is 46.5 Å². The van der Waals surface area contributed by atoms with Crippen LogP contribution in [0.3, 0.4) is 0 Å². The summed E-state index contributed by atoms with van der Waals surface area (Å²) in [5, 5.41) is 8.65. The first kappa shape index (κ1) is 13.4. The number of carboxylic acids is 1. The molecule has 0 aromatic heterocycles. The molecule has 1 aromatic carbocycles. The van der Waals surface area contributed by atoms with E-state index in [-0.39, 0.29) is 12.2 Å². The monoisotopic (exact) mass is 238 g/mol. The molecule has 0 unspecified atom stereocenters. The van der Waals surface area contributed by atoms with Crippen LogP contribution in [0.2, 0.25) is 0 Å². The molecule has 0 fully saturated rings. The number of allylic oxidation sites excluding steroid dienone is 1. The van der Waals surface area contributed by atoms with E-state index in [0.29, 0.717) is 12.2 Å². The zero-order chi connectivity index (χ0) is 12.7. The summed E-state index contributed by atoms with van der Waals surface area (Å²) in [5.41, 5.74) is 0.312. The Balaban J connectivity index is 2.47. The summed E-state index contributed by atoms with van der Waals surface area (Å²) >= 11 is 0. The van der Waals surface area contributed by atoms with Gasteiger partial charge in [0.2, 0.25) is 0 Å². The number of hydrogen-bond acceptors (Lipinski definition) is 2. The number of aromatic carboxylic acids is 1. The minimum absolute atomic E-state index is 0.286. The average molecular weight is 238 g/mol.